The summed E-state index contributed by atoms with van der Waals surface area (Å²) in [5, 5.41) is 3.29. The molecule has 1 aromatic heterocycles. The van der Waals surface area contributed by atoms with Crippen LogP contribution >= 0.6 is 0 Å². The second-order valence-corrected chi connectivity index (χ2v) is 4.28. The van der Waals surface area contributed by atoms with Crippen LogP contribution in [0.3, 0.4) is 0 Å². The molecule has 7 heteroatoms. The Balaban J connectivity index is 2.16. The number of para-hydroxylation sites is 2. The number of hydrogen-bond acceptors (Lipinski definition) is 5. The van der Waals surface area contributed by atoms with Crippen molar-refractivity contribution in [1.29, 1.82) is 0 Å². The number of halogens is 2. The summed E-state index contributed by atoms with van der Waals surface area (Å²) in [7, 11) is 0. The Morgan fingerprint density at radius 1 is 0.905 bits per heavy atom. The van der Waals surface area contributed by atoms with Crippen LogP contribution < -0.4 is 16.6 Å². The van der Waals surface area contributed by atoms with E-state index in [1.54, 1.807) is 24.3 Å². The van der Waals surface area contributed by atoms with E-state index in [0.29, 0.717) is 10.9 Å². The number of fused-ring (bicyclic) bond motifs is 1. The van der Waals surface area contributed by atoms with Crippen LogP contribution in [0.25, 0.3) is 10.9 Å². The van der Waals surface area contributed by atoms with Crippen LogP contribution in [0.15, 0.2) is 42.5 Å². The molecule has 0 amide bonds. The van der Waals surface area contributed by atoms with E-state index in [1.165, 1.54) is 6.07 Å². The van der Waals surface area contributed by atoms with E-state index in [9.17, 15) is 8.78 Å². The lowest BCUT2D eigenvalue weighted by Crippen LogP contribution is -2.12. The first-order chi connectivity index (χ1) is 10.2. The zero-order valence-electron chi connectivity index (χ0n) is 10.8. The Hall–Kier alpha value is -2.80. The van der Waals surface area contributed by atoms with Gasteiger partial charge in [-0.05, 0) is 24.3 Å². The second-order valence-electron chi connectivity index (χ2n) is 4.28. The Labute approximate surface area is 118 Å². The fourth-order valence-electron chi connectivity index (χ4n) is 1.97. The Kier molecular flexibility index (Phi) is 3.33. The van der Waals surface area contributed by atoms with Crippen LogP contribution in [0.4, 0.5) is 26.2 Å². The van der Waals surface area contributed by atoms with Gasteiger partial charge in [-0.3, -0.25) is 5.43 Å². The molecule has 0 saturated heterocycles. The van der Waals surface area contributed by atoms with E-state index in [0.717, 1.165) is 12.1 Å². The van der Waals surface area contributed by atoms with Gasteiger partial charge >= 0.3 is 0 Å². The molecule has 0 radical (unpaired) electrons. The fourth-order valence-corrected chi connectivity index (χ4v) is 1.97. The highest BCUT2D eigenvalue weighted by Crippen LogP contribution is 2.27. The standard InChI is InChI=1S/C14H11F2N5/c15-9-5-3-6-10(16)12(9)19-13-8-4-1-2-7-11(8)18-14(20-13)21-17/h1-7H,17H2,(H2,18,19,20,21). The van der Waals surface area contributed by atoms with E-state index in [1.807, 2.05) is 0 Å². The van der Waals surface area contributed by atoms with Crippen LogP contribution in [0.1, 0.15) is 0 Å². The molecule has 0 aliphatic rings. The molecule has 0 aliphatic heterocycles. The van der Waals surface area contributed by atoms with Gasteiger partial charge in [-0.1, -0.05) is 18.2 Å². The number of nitrogens with zero attached hydrogens (tertiary/aromatic N) is 2. The smallest absolute Gasteiger partial charge is 0.239 e. The summed E-state index contributed by atoms with van der Waals surface area (Å²) >= 11 is 0. The van der Waals surface area contributed by atoms with Crippen molar-refractivity contribution >= 4 is 28.4 Å². The number of rotatable bonds is 3. The van der Waals surface area contributed by atoms with Crippen molar-refractivity contribution in [3.05, 3.63) is 54.1 Å². The van der Waals surface area contributed by atoms with Gasteiger partial charge in [0.05, 0.1) is 5.52 Å². The first kappa shape index (κ1) is 13.2. The van der Waals surface area contributed by atoms with Crippen molar-refractivity contribution in [2.24, 2.45) is 5.84 Å². The summed E-state index contributed by atoms with van der Waals surface area (Å²) in [6.45, 7) is 0. The third kappa shape index (κ3) is 2.46. The summed E-state index contributed by atoms with van der Waals surface area (Å²) in [6.07, 6.45) is 0. The normalized spacial score (nSPS) is 10.6. The molecule has 2 aromatic carbocycles. The molecule has 1 heterocycles. The number of hydrazine groups is 1. The molecular formula is C14H11F2N5. The molecule has 106 valence electrons. The van der Waals surface area contributed by atoms with Gasteiger partial charge in [0.25, 0.3) is 0 Å². The average Bonchev–Trinajstić information content (AvgIpc) is 2.50. The molecule has 0 unspecified atom stereocenters. The zero-order valence-corrected chi connectivity index (χ0v) is 10.8. The molecule has 0 fully saturated rings. The minimum Gasteiger partial charge on any atom is -0.335 e. The van der Waals surface area contributed by atoms with E-state index in [2.05, 4.69) is 20.7 Å². The molecular weight excluding hydrogens is 276 g/mol. The van der Waals surface area contributed by atoms with Crippen molar-refractivity contribution in [2.75, 3.05) is 10.7 Å². The number of hydrogen-bond donors (Lipinski definition) is 3. The molecule has 3 aromatic rings. The molecule has 5 nitrogen and oxygen atoms in total. The predicted octanol–water partition coefficient (Wildman–Crippen LogP) is 2.94. The molecule has 3 rings (SSSR count). The quantitative estimate of drug-likeness (QED) is 0.510. The molecule has 4 N–H and O–H groups in total. The Morgan fingerprint density at radius 3 is 2.33 bits per heavy atom. The molecule has 0 bridgehead atoms. The number of nitrogens with two attached hydrogens (primary N) is 1. The summed E-state index contributed by atoms with van der Waals surface area (Å²) in [5.74, 6) is 4.30. The first-order valence-corrected chi connectivity index (χ1v) is 6.13. The molecule has 0 saturated carbocycles. The van der Waals surface area contributed by atoms with Crippen molar-refractivity contribution in [3.63, 3.8) is 0 Å². The van der Waals surface area contributed by atoms with Gasteiger partial charge in [0.1, 0.15) is 23.1 Å². The maximum absolute atomic E-state index is 13.7. The highest BCUT2D eigenvalue weighted by molar-refractivity contribution is 5.91. The lowest BCUT2D eigenvalue weighted by Gasteiger charge is -2.11. The minimum atomic E-state index is -0.708. The average molecular weight is 287 g/mol. The van der Waals surface area contributed by atoms with E-state index >= 15 is 0 Å². The maximum atomic E-state index is 13.7. The largest absolute Gasteiger partial charge is 0.335 e. The highest BCUT2D eigenvalue weighted by Gasteiger charge is 2.12. The predicted molar refractivity (Wildman–Crippen MR) is 77.0 cm³/mol. The minimum absolute atomic E-state index is 0.146. The second kappa shape index (κ2) is 5.29. The Morgan fingerprint density at radius 2 is 1.62 bits per heavy atom. The monoisotopic (exact) mass is 287 g/mol. The third-order valence-electron chi connectivity index (χ3n) is 2.94. The van der Waals surface area contributed by atoms with Gasteiger partial charge in [-0.2, -0.15) is 4.98 Å². The van der Waals surface area contributed by atoms with Crippen molar-refractivity contribution in [2.45, 2.75) is 0 Å². The first-order valence-electron chi connectivity index (χ1n) is 6.13. The van der Waals surface area contributed by atoms with Crippen molar-refractivity contribution in [1.82, 2.24) is 9.97 Å². The lowest BCUT2D eigenvalue weighted by molar-refractivity contribution is 0.590. The lowest BCUT2D eigenvalue weighted by atomic mass is 10.2. The summed E-state index contributed by atoms with van der Waals surface area (Å²) in [6, 6.07) is 10.7. The topological polar surface area (TPSA) is 75.9 Å². The van der Waals surface area contributed by atoms with Gasteiger partial charge < -0.3 is 5.32 Å². The zero-order chi connectivity index (χ0) is 14.8. The van der Waals surface area contributed by atoms with Crippen molar-refractivity contribution < 1.29 is 8.78 Å². The van der Waals surface area contributed by atoms with Crippen LogP contribution in [-0.4, -0.2) is 9.97 Å². The summed E-state index contributed by atoms with van der Waals surface area (Å²) in [5.41, 5.74) is 2.65. The van der Waals surface area contributed by atoms with Gasteiger partial charge in [0.15, 0.2) is 0 Å². The van der Waals surface area contributed by atoms with E-state index in [-0.39, 0.29) is 17.5 Å². The number of aromatic nitrogens is 2. The number of nitrogen functional groups attached to an aromatic ring is 1. The summed E-state index contributed by atoms with van der Waals surface area (Å²) in [4.78, 5) is 8.27. The van der Waals surface area contributed by atoms with Gasteiger partial charge in [-0.15, -0.1) is 0 Å². The molecule has 0 aliphatic carbocycles. The number of nitrogens with one attached hydrogen (secondary N) is 2. The fraction of sp³-hybridized carbons (Fsp3) is 0. The van der Waals surface area contributed by atoms with Crippen molar-refractivity contribution in [3.8, 4) is 0 Å². The SMILES string of the molecule is NNc1nc(Nc2c(F)cccc2F)c2ccccc2n1. The number of anilines is 3. The van der Waals surface area contributed by atoms with Gasteiger partial charge in [-0.25, -0.2) is 19.6 Å². The van der Waals surface area contributed by atoms with Crippen LogP contribution in [0, 0.1) is 11.6 Å². The van der Waals surface area contributed by atoms with Crippen LogP contribution in [0.5, 0.6) is 0 Å². The summed E-state index contributed by atoms with van der Waals surface area (Å²) < 4.78 is 27.5. The van der Waals surface area contributed by atoms with Crippen LogP contribution in [-0.2, 0) is 0 Å². The molecule has 0 spiro atoms. The molecule has 0 atom stereocenters. The van der Waals surface area contributed by atoms with Gasteiger partial charge in [0.2, 0.25) is 5.95 Å². The maximum Gasteiger partial charge on any atom is 0.239 e. The van der Waals surface area contributed by atoms with Crippen LogP contribution in [0.2, 0.25) is 0 Å². The number of benzene rings is 2. The third-order valence-corrected chi connectivity index (χ3v) is 2.94. The van der Waals surface area contributed by atoms with E-state index in [4.69, 9.17) is 5.84 Å². The van der Waals surface area contributed by atoms with Gasteiger partial charge in [0, 0.05) is 5.39 Å². The molecule has 21 heavy (non-hydrogen) atoms. The highest BCUT2D eigenvalue weighted by atomic mass is 19.1. The van der Waals surface area contributed by atoms with E-state index < -0.39 is 11.6 Å². The Bertz CT molecular complexity index is 786.